The summed E-state index contributed by atoms with van der Waals surface area (Å²) >= 11 is 0. The lowest BCUT2D eigenvalue weighted by molar-refractivity contribution is -0.387. The van der Waals surface area contributed by atoms with Gasteiger partial charge < -0.3 is 10.0 Å². The van der Waals surface area contributed by atoms with Gasteiger partial charge in [0.05, 0.1) is 21.4 Å². The number of nitro groups is 1. The summed E-state index contributed by atoms with van der Waals surface area (Å²) in [5.41, 5.74) is -0.725. The van der Waals surface area contributed by atoms with Crippen LogP contribution in [0, 0.1) is 21.8 Å². The Morgan fingerprint density at radius 3 is 2.45 bits per heavy atom. The highest BCUT2D eigenvalue weighted by molar-refractivity contribution is 7.92. The zero-order valence-corrected chi connectivity index (χ0v) is 15.4. The standard InChI is InChI=1S/C17H14FN3O7S/c18-14-6-1-11(8-15(14)21(25)26)19-29(27,28)13-4-2-12(3-5-13)20-9-10(17(23)24)7-16(20)22/h1-6,8,10,19H,7,9H2,(H,23,24). The van der Waals surface area contributed by atoms with Crippen molar-refractivity contribution in [3.05, 3.63) is 58.4 Å². The largest absolute Gasteiger partial charge is 0.481 e. The molecular formula is C17H14FN3O7S. The van der Waals surface area contributed by atoms with E-state index in [1.54, 1.807) is 0 Å². The highest BCUT2D eigenvalue weighted by Gasteiger charge is 2.35. The Labute approximate surface area is 163 Å². The van der Waals surface area contributed by atoms with Crippen molar-refractivity contribution in [3.63, 3.8) is 0 Å². The predicted molar refractivity (Wildman–Crippen MR) is 98.4 cm³/mol. The molecule has 0 aromatic heterocycles. The van der Waals surface area contributed by atoms with Crippen molar-refractivity contribution in [1.82, 2.24) is 0 Å². The SMILES string of the molecule is O=C(O)C1CC(=O)N(c2ccc(S(=O)(=O)Nc3ccc(F)c([N+](=O)[O-])c3)cc2)C1. The molecule has 152 valence electrons. The minimum absolute atomic E-state index is 0.0161. The van der Waals surface area contributed by atoms with E-state index in [1.165, 1.54) is 29.2 Å². The summed E-state index contributed by atoms with van der Waals surface area (Å²) in [7, 11) is -4.14. The van der Waals surface area contributed by atoms with Crippen LogP contribution in [0.2, 0.25) is 0 Å². The van der Waals surface area contributed by atoms with E-state index in [-0.39, 0.29) is 29.5 Å². The molecule has 0 radical (unpaired) electrons. The van der Waals surface area contributed by atoms with Crippen LogP contribution in [-0.4, -0.2) is 36.9 Å². The van der Waals surface area contributed by atoms with Gasteiger partial charge in [-0.25, -0.2) is 8.42 Å². The van der Waals surface area contributed by atoms with E-state index in [9.17, 15) is 32.5 Å². The average Bonchev–Trinajstić information content (AvgIpc) is 3.05. The minimum Gasteiger partial charge on any atom is -0.481 e. The lowest BCUT2D eigenvalue weighted by Crippen LogP contribution is -2.25. The molecule has 1 atom stereocenters. The molecule has 2 aromatic rings. The van der Waals surface area contributed by atoms with E-state index >= 15 is 0 Å². The number of anilines is 2. The van der Waals surface area contributed by atoms with Gasteiger partial charge in [0.25, 0.3) is 10.0 Å². The number of nitro benzene ring substituents is 1. The maximum Gasteiger partial charge on any atom is 0.308 e. The van der Waals surface area contributed by atoms with Crippen LogP contribution in [-0.2, 0) is 19.6 Å². The van der Waals surface area contributed by atoms with Crippen molar-refractivity contribution in [3.8, 4) is 0 Å². The Balaban J connectivity index is 1.80. The molecule has 1 aliphatic heterocycles. The first-order valence-electron chi connectivity index (χ1n) is 8.18. The van der Waals surface area contributed by atoms with Gasteiger partial charge in [0.15, 0.2) is 0 Å². The van der Waals surface area contributed by atoms with Crippen molar-refractivity contribution in [1.29, 1.82) is 0 Å². The molecule has 29 heavy (non-hydrogen) atoms. The minimum atomic E-state index is -4.14. The van der Waals surface area contributed by atoms with Crippen LogP contribution in [0.5, 0.6) is 0 Å². The molecule has 1 fully saturated rings. The third-order valence-electron chi connectivity index (χ3n) is 4.33. The Hall–Kier alpha value is -3.54. The molecule has 1 saturated heterocycles. The predicted octanol–water partition coefficient (Wildman–Crippen LogP) is 1.97. The fraction of sp³-hybridized carbons (Fsp3) is 0.176. The third-order valence-corrected chi connectivity index (χ3v) is 5.73. The molecule has 2 N–H and O–H groups in total. The van der Waals surface area contributed by atoms with Gasteiger partial charge in [0, 0.05) is 24.7 Å². The normalized spacial score (nSPS) is 16.7. The number of hydrogen-bond donors (Lipinski definition) is 2. The zero-order valence-electron chi connectivity index (χ0n) is 14.6. The van der Waals surface area contributed by atoms with Gasteiger partial charge in [-0.2, -0.15) is 4.39 Å². The molecular weight excluding hydrogens is 409 g/mol. The molecule has 0 spiro atoms. The van der Waals surface area contributed by atoms with Crippen LogP contribution in [0.15, 0.2) is 47.4 Å². The summed E-state index contributed by atoms with van der Waals surface area (Å²) < 4.78 is 40.5. The molecule has 2 aromatic carbocycles. The zero-order chi connectivity index (χ0) is 21.3. The Kier molecular flexibility index (Phi) is 5.20. The Bertz CT molecular complexity index is 1100. The monoisotopic (exact) mass is 423 g/mol. The molecule has 1 heterocycles. The van der Waals surface area contributed by atoms with Crippen molar-refractivity contribution in [2.24, 2.45) is 5.92 Å². The first-order valence-corrected chi connectivity index (χ1v) is 9.67. The number of carboxylic acids is 1. The van der Waals surface area contributed by atoms with E-state index in [1.807, 2.05) is 0 Å². The second-order valence-electron chi connectivity index (χ2n) is 6.27. The van der Waals surface area contributed by atoms with E-state index in [0.717, 1.165) is 18.2 Å². The fourth-order valence-corrected chi connectivity index (χ4v) is 3.91. The van der Waals surface area contributed by atoms with E-state index in [0.29, 0.717) is 5.69 Å². The van der Waals surface area contributed by atoms with E-state index in [4.69, 9.17) is 5.11 Å². The van der Waals surface area contributed by atoms with Gasteiger partial charge in [0.1, 0.15) is 0 Å². The summed E-state index contributed by atoms with van der Waals surface area (Å²) in [6.07, 6.45) is -0.139. The molecule has 1 amide bonds. The van der Waals surface area contributed by atoms with Crippen LogP contribution in [0.4, 0.5) is 21.5 Å². The summed E-state index contributed by atoms with van der Waals surface area (Å²) in [4.78, 5) is 33.9. The van der Waals surface area contributed by atoms with Gasteiger partial charge in [-0.15, -0.1) is 0 Å². The van der Waals surface area contributed by atoms with Crippen molar-refractivity contribution in [2.75, 3.05) is 16.2 Å². The highest BCUT2D eigenvalue weighted by atomic mass is 32.2. The number of aliphatic carboxylic acids is 1. The lowest BCUT2D eigenvalue weighted by atomic mass is 10.1. The number of nitrogens with zero attached hydrogens (tertiary/aromatic N) is 2. The Morgan fingerprint density at radius 2 is 1.90 bits per heavy atom. The van der Waals surface area contributed by atoms with Crippen molar-refractivity contribution in [2.45, 2.75) is 11.3 Å². The summed E-state index contributed by atoms with van der Waals surface area (Å²) in [6, 6.07) is 7.69. The number of benzene rings is 2. The number of carboxylic acid groups (broad SMARTS) is 1. The highest BCUT2D eigenvalue weighted by Crippen LogP contribution is 2.28. The lowest BCUT2D eigenvalue weighted by Gasteiger charge is -2.16. The van der Waals surface area contributed by atoms with Crippen LogP contribution in [0.25, 0.3) is 0 Å². The van der Waals surface area contributed by atoms with Crippen LogP contribution in [0.1, 0.15) is 6.42 Å². The van der Waals surface area contributed by atoms with Crippen LogP contribution in [0.3, 0.4) is 0 Å². The van der Waals surface area contributed by atoms with Crippen molar-refractivity contribution >= 4 is 39.0 Å². The first-order chi connectivity index (χ1) is 13.6. The summed E-state index contributed by atoms with van der Waals surface area (Å²) in [5, 5.41) is 19.8. The molecule has 12 heteroatoms. The second kappa shape index (κ2) is 7.47. The molecule has 0 bridgehead atoms. The van der Waals surface area contributed by atoms with Crippen molar-refractivity contribution < 1.29 is 32.4 Å². The van der Waals surface area contributed by atoms with Crippen LogP contribution >= 0.6 is 0 Å². The molecule has 0 saturated carbocycles. The van der Waals surface area contributed by atoms with Crippen LogP contribution < -0.4 is 9.62 Å². The van der Waals surface area contributed by atoms with Gasteiger partial charge >= 0.3 is 11.7 Å². The quantitative estimate of drug-likeness (QED) is 0.533. The Morgan fingerprint density at radius 1 is 1.24 bits per heavy atom. The van der Waals surface area contributed by atoms with Gasteiger partial charge in [0.2, 0.25) is 11.7 Å². The number of carbonyl (C=O) groups is 2. The molecule has 1 unspecified atom stereocenters. The number of rotatable bonds is 6. The van der Waals surface area contributed by atoms with Gasteiger partial charge in [-0.05, 0) is 36.4 Å². The number of halogens is 1. The topological polar surface area (TPSA) is 147 Å². The number of hydrogen-bond acceptors (Lipinski definition) is 6. The average molecular weight is 423 g/mol. The molecule has 0 aliphatic carbocycles. The number of sulfonamides is 1. The van der Waals surface area contributed by atoms with Gasteiger partial charge in [-0.1, -0.05) is 0 Å². The molecule has 10 nitrogen and oxygen atoms in total. The number of amides is 1. The fourth-order valence-electron chi connectivity index (χ4n) is 2.86. The van der Waals surface area contributed by atoms with Gasteiger partial charge in [-0.3, -0.25) is 24.4 Å². The summed E-state index contributed by atoms with van der Waals surface area (Å²) in [5.74, 6) is -3.40. The first kappa shape index (κ1) is 20.2. The third kappa shape index (κ3) is 4.16. The van der Waals surface area contributed by atoms with E-state index < -0.39 is 38.3 Å². The number of carbonyl (C=O) groups excluding carboxylic acids is 1. The van der Waals surface area contributed by atoms with E-state index in [2.05, 4.69) is 4.72 Å². The molecule has 1 aliphatic rings. The maximum atomic E-state index is 13.4. The molecule has 3 rings (SSSR count). The summed E-state index contributed by atoms with van der Waals surface area (Å²) in [6.45, 7) is -0.0161. The second-order valence-corrected chi connectivity index (χ2v) is 7.95. The smallest absolute Gasteiger partial charge is 0.308 e. The maximum absolute atomic E-state index is 13.4. The number of nitrogens with one attached hydrogen (secondary N) is 1.